The Bertz CT molecular complexity index is 435. The van der Waals surface area contributed by atoms with E-state index in [0.717, 1.165) is 6.07 Å². The Labute approximate surface area is 96.3 Å². The van der Waals surface area contributed by atoms with Gasteiger partial charge < -0.3 is 10.4 Å². The molecule has 1 aromatic rings. The second-order valence-electron chi connectivity index (χ2n) is 3.41. The average Bonchev–Trinajstić information content (AvgIpc) is 2.21. The monoisotopic (exact) mass is 243 g/mol. The van der Waals surface area contributed by atoms with Crippen molar-refractivity contribution in [2.75, 3.05) is 6.54 Å². The number of hydrogen-bond donors (Lipinski definition) is 2. The van der Waals surface area contributed by atoms with E-state index in [1.54, 1.807) is 0 Å². The number of benzene rings is 1. The number of nitrogens with one attached hydrogen (secondary N) is 1. The predicted molar refractivity (Wildman–Crippen MR) is 55.3 cm³/mol. The van der Waals surface area contributed by atoms with Crippen LogP contribution in [-0.4, -0.2) is 23.5 Å². The van der Waals surface area contributed by atoms with Crippen LogP contribution in [-0.2, 0) is 16.0 Å². The molecule has 0 saturated carbocycles. The first-order valence-corrected chi connectivity index (χ1v) is 4.91. The number of amides is 1. The molecule has 0 bridgehead atoms. The van der Waals surface area contributed by atoms with Crippen LogP contribution < -0.4 is 5.32 Å². The highest BCUT2D eigenvalue weighted by Crippen LogP contribution is 2.09. The summed E-state index contributed by atoms with van der Waals surface area (Å²) < 4.78 is 25.7. The Morgan fingerprint density at radius 3 is 2.59 bits per heavy atom. The van der Waals surface area contributed by atoms with Crippen molar-refractivity contribution in [3.63, 3.8) is 0 Å². The van der Waals surface area contributed by atoms with E-state index >= 15 is 0 Å². The van der Waals surface area contributed by atoms with Gasteiger partial charge in [0.25, 0.3) is 0 Å². The minimum absolute atomic E-state index is 0.0169. The summed E-state index contributed by atoms with van der Waals surface area (Å²) in [6.07, 6.45) is -0.441. The lowest BCUT2D eigenvalue weighted by molar-refractivity contribution is -0.136. The number of aliphatic carboxylic acids is 1. The average molecular weight is 243 g/mol. The minimum atomic E-state index is -1.03. The Morgan fingerprint density at radius 2 is 2.00 bits per heavy atom. The van der Waals surface area contributed by atoms with Gasteiger partial charge in [0.15, 0.2) is 0 Å². The van der Waals surface area contributed by atoms with Gasteiger partial charge in [0.1, 0.15) is 11.6 Å². The molecule has 0 unspecified atom stereocenters. The number of carbonyl (C=O) groups excluding carboxylic acids is 1. The van der Waals surface area contributed by atoms with Crippen LogP contribution in [0.1, 0.15) is 12.0 Å². The maximum atomic E-state index is 13.1. The Kier molecular flexibility index (Phi) is 4.56. The van der Waals surface area contributed by atoms with Crippen molar-refractivity contribution in [3.05, 3.63) is 35.4 Å². The van der Waals surface area contributed by atoms with Crippen LogP contribution >= 0.6 is 0 Å². The van der Waals surface area contributed by atoms with Crippen LogP contribution in [0.15, 0.2) is 18.2 Å². The highest BCUT2D eigenvalue weighted by Gasteiger charge is 2.09. The fourth-order valence-electron chi connectivity index (χ4n) is 1.21. The summed E-state index contributed by atoms with van der Waals surface area (Å²) in [6.45, 7) is -0.0169. The molecule has 0 aliphatic heterocycles. The van der Waals surface area contributed by atoms with Crippen LogP contribution in [0.5, 0.6) is 0 Å². The van der Waals surface area contributed by atoms with Crippen LogP contribution in [0.4, 0.5) is 8.78 Å². The van der Waals surface area contributed by atoms with E-state index in [9.17, 15) is 18.4 Å². The zero-order valence-electron chi connectivity index (χ0n) is 8.87. The SMILES string of the molecule is O=C(O)CCNC(=O)Cc1ccc(F)cc1F. The number of halogens is 2. The number of hydrogen-bond acceptors (Lipinski definition) is 2. The maximum absolute atomic E-state index is 13.1. The molecule has 0 spiro atoms. The molecule has 0 saturated heterocycles. The van der Waals surface area contributed by atoms with E-state index in [4.69, 9.17) is 5.11 Å². The molecule has 17 heavy (non-hydrogen) atoms. The van der Waals surface area contributed by atoms with Crippen LogP contribution in [0.2, 0.25) is 0 Å². The Balaban J connectivity index is 2.48. The van der Waals surface area contributed by atoms with Crippen molar-refractivity contribution in [2.45, 2.75) is 12.8 Å². The van der Waals surface area contributed by atoms with E-state index in [1.807, 2.05) is 0 Å². The lowest BCUT2D eigenvalue weighted by Gasteiger charge is -2.04. The minimum Gasteiger partial charge on any atom is -0.481 e. The third-order valence-corrected chi connectivity index (χ3v) is 2.03. The van der Waals surface area contributed by atoms with E-state index in [2.05, 4.69) is 5.32 Å². The van der Waals surface area contributed by atoms with Gasteiger partial charge in [0.2, 0.25) is 5.91 Å². The number of carboxylic acids is 1. The van der Waals surface area contributed by atoms with E-state index in [-0.39, 0.29) is 24.9 Å². The highest BCUT2D eigenvalue weighted by atomic mass is 19.1. The fraction of sp³-hybridized carbons (Fsp3) is 0.273. The van der Waals surface area contributed by atoms with Crippen LogP contribution in [0.25, 0.3) is 0 Å². The smallest absolute Gasteiger partial charge is 0.305 e. The van der Waals surface area contributed by atoms with Crippen molar-refractivity contribution in [3.8, 4) is 0 Å². The van der Waals surface area contributed by atoms with Gasteiger partial charge in [-0.1, -0.05) is 6.07 Å². The zero-order chi connectivity index (χ0) is 12.8. The molecule has 0 radical (unpaired) electrons. The molecule has 1 aromatic carbocycles. The summed E-state index contributed by atoms with van der Waals surface area (Å²) in [7, 11) is 0. The van der Waals surface area contributed by atoms with Crippen LogP contribution in [0, 0.1) is 11.6 Å². The first kappa shape index (κ1) is 13.1. The van der Waals surface area contributed by atoms with Crippen LogP contribution in [0.3, 0.4) is 0 Å². The van der Waals surface area contributed by atoms with E-state index in [1.165, 1.54) is 6.07 Å². The summed E-state index contributed by atoms with van der Waals surface area (Å²) >= 11 is 0. The third kappa shape index (κ3) is 4.58. The van der Waals surface area contributed by atoms with Crippen molar-refractivity contribution in [1.82, 2.24) is 5.32 Å². The standard InChI is InChI=1S/C11H11F2NO3/c12-8-2-1-7(9(13)6-8)5-10(15)14-4-3-11(16)17/h1-2,6H,3-5H2,(H,14,15)(H,16,17). The molecule has 0 fully saturated rings. The number of carboxylic acid groups (broad SMARTS) is 1. The molecule has 0 aliphatic rings. The summed E-state index contributed by atoms with van der Waals surface area (Å²) in [5.74, 6) is -3.04. The van der Waals surface area contributed by atoms with Crippen molar-refractivity contribution in [2.24, 2.45) is 0 Å². The highest BCUT2D eigenvalue weighted by molar-refractivity contribution is 5.79. The third-order valence-electron chi connectivity index (χ3n) is 2.03. The summed E-state index contributed by atoms with van der Waals surface area (Å²) in [6, 6.07) is 2.93. The summed E-state index contributed by atoms with van der Waals surface area (Å²) in [4.78, 5) is 21.4. The summed E-state index contributed by atoms with van der Waals surface area (Å²) in [5, 5.41) is 10.7. The largest absolute Gasteiger partial charge is 0.481 e. The molecule has 0 aliphatic carbocycles. The van der Waals surface area contributed by atoms with Gasteiger partial charge in [-0.3, -0.25) is 9.59 Å². The lowest BCUT2D eigenvalue weighted by Crippen LogP contribution is -2.27. The topological polar surface area (TPSA) is 66.4 Å². The van der Waals surface area contributed by atoms with E-state index < -0.39 is 23.5 Å². The Morgan fingerprint density at radius 1 is 1.29 bits per heavy atom. The van der Waals surface area contributed by atoms with Gasteiger partial charge in [-0.25, -0.2) is 8.78 Å². The van der Waals surface area contributed by atoms with E-state index in [0.29, 0.717) is 6.07 Å². The van der Waals surface area contributed by atoms with Crippen molar-refractivity contribution in [1.29, 1.82) is 0 Å². The summed E-state index contributed by atoms with van der Waals surface area (Å²) in [5.41, 5.74) is 0.0687. The molecular weight excluding hydrogens is 232 g/mol. The lowest BCUT2D eigenvalue weighted by atomic mass is 10.1. The normalized spacial score (nSPS) is 10.0. The second-order valence-corrected chi connectivity index (χ2v) is 3.41. The zero-order valence-corrected chi connectivity index (χ0v) is 8.87. The molecular formula is C11H11F2NO3. The molecule has 0 atom stereocenters. The molecule has 4 nitrogen and oxygen atoms in total. The molecule has 0 heterocycles. The molecule has 6 heteroatoms. The van der Waals surface area contributed by atoms with Gasteiger partial charge in [0.05, 0.1) is 12.8 Å². The van der Waals surface area contributed by atoms with Gasteiger partial charge in [-0.15, -0.1) is 0 Å². The van der Waals surface area contributed by atoms with Gasteiger partial charge in [-0.2, -0.15) is 0 Å². The number of rotatable bonds is 5. The molecule has 1 rings (SSSR count). The second kappa shape index (κ2) is 5.93. The van der Waals surface area contributed by atoms with Gasteiger partial charge in [-0.05, 0) is 11.6 Å². The molecule has 0 aromatic heterocycles. The first-order valence-electron chi connectivity index (χ1n) is 4.91. The Hall–Kier alpha value is -1.98. The molecule has 2 N–H and O–H groups in total. The predicted octanol–water partition coefficient (Wildman–Crippen LogP) is 1.10. The molecule has 1 amide bonds. The fourth-order valence-corrected chi connectivity index (χ4v) is 1.21. The molecule has 92 valence electrons. The first-order chi connectivity index (χ1) is 7.99. The van der Waals surface area contributed by atoms with Gasteiger partial charge in [0, 0.05) is 12.6 Å². The van der Waals surface area contributed by atoms with Crippen molar-refractivity contribution < 1.29 is 23.5 Å². The van der Waals surface area contributed by atoms with Crippen molar-refractivity contribution >= 4 is 11.9 Å². The van der Waals surface area contributed by atoms with Gasteiger partial charge >= 0.3 is 5.97 Å². The maximum Gasteiger partial charge on any atom is 0.305 e. The number of carbonyl (C=O) groups is 2. The quantitative estimate of drug-likeness (QED) is 0.813.